The maximum atomic E-state index is 12.0. The topological polar surface area (TPSA) is 97.6 Å². The number of nitrogens with two attached hydrogens (primary N) is 1. The monoisotopic (exact) mass is 414 g/mol. The number of carbonyl (C=O) groups excluding carboxylic acids is 2. The fourth-order valence-corrected chi connectivity index (χ4v) is 3.21. The maximum absolute atomic E-state index is 12.0. The van der Waals surface area contributed by atoms with Crippen LogP contribution in [0.5, 0.6) is 5.75 Å². The predicted octanol–water partition coefficient (Wildman–Crippen LogP) is 2.27. The number of nitrogens with zero attached hydrogens (tertiary/aromatic N) is 2. The van der Waals surface area contributed by atoms with Crippen molar-refractivity contribution in [1.29, 1.82) is 0 Å². The number of hydrogen-bond donors (Lipinski definition) is 2. The summed E-state index contributed by atoms with van der Waals surface area (Å²) in [7, 11) is 0. The first-order valence-corrected chi connectivity index (χ1v) is 9.70. The van der Waals surface area contributed by atoms with E-state index < -0.39 is 11.1 Å². The van der Waals surface area contributed by atoms with Gasteiger partial charge < -0.3 is 20.7 Å². The van der Waals surface area contributed by atoms with Crippen LogP contribution in [0.25, 0.3) is 11.3 Å². The number of anilines is 1. The number of pyridine rings is 1. The number of nitrogens with one attached hydrogen (secondary N) is 1. The Labute approximate surface area is 174 Å². The number of halogens is 1. The van der Waals surface area contributed by atoms with Crippen LogP contribution in [0.15, 0.2) is 42.5 Å². The third-order valence-corrected chi connectivity index (χ3v) is 4.76. The van der Waals surface area contributed by atoms with E-state index >= 15 is 0 Å². The molecule has 0 atom stereocenters. The Morgan fingerprint density at radius 2 is 2.03 bits per heavy atom. The minimum absolute atomic E-state index is 0.194. The van der Waals surface area contributed by atoms with Gasteiger partial charge >= 0.3 is 0 Å². The molecule has 0 radical (unpaired) electrons. The van der Waals surface area contributed by atoms with Crippen LogP contribution in [0, 0.1) is 6.92 Å². The molecule has 2 heterocycles. The van der Waals surface area contributed by atoms with Crippen molar-refractivity contribution in [2.45, 2.75) is 6.92 Å². The molecule has 0 bridgehead atoms. The van der Waals surface area contributed by atoms with Gasteiger partial charge in [-0.2, -0.15) is 0 Å². The summed E-state index contributed by atoms with van der Waals surface area (Å²) in [5.41, 5.74) is 8.10. The molecule has 1 aromatic heterocycles. The summed E-state index contributed by atoms with van der Waals surface area (Å²) in [5.74, 6) is 0.892. The minimum Gasteiger partial charge on any atom is -0.489 e. The van der Waals surface area contributed by atoms with Crippen LogP contribution in [0.1, 0.15) is 15.9 Å². The van der Waals surface area contributed by atoms with E-state index in [0.29, 0.717) is 17.0 Å². The van der Waals surface area contributed by atoms with Crippen molar-refractivity contribution in [2.75, 3.05) is 37.7 Å². The summed E-state index contributed by atoms with van der Waals surface area (Å²) in [6.45, 7) is 5.56. The van der Waals surface area contributed by atoms with Gasteiger partial charge in [0, 0.05) is 31.7 Å². The van der Waals surface area contributed by atoms with Gasteiger partial charge in [-0.1, -0.05) is 12.1 Å². The molecule has 8 heteroatoms. The first-order chi connectivity index (χ1) is 14.0. The fraction of sp³-hybridized carbons (Fsp3) is 0.286. The standard InChI is InChI=1S/C21H23ClN4O3/c1-14-4-5-15(13-17(14)29-12-2-3-18(22)27)20-16(21(23)28)6-7-19(25-20)26-10-8-24-9-11-26/h2-7,13,24H,8-12H2,1H3,(H2,23,28)/b3-2+. The quantitative estimate of drug-likeness (QED) is 0.532. The number of primary amides is 1. The summed E-state index contributed by atoms with van der Waals surface area (Å²) in [6.07, 6.45) is 2.78. The first-order valence-electron chi connectivity index (χ1n) is 9.32. The largest absolute Gasteiger partial charge is 0.489 e. The molecule has 0 saturated carbocycles. The molecule has 1 fully saturated rings. The van der Waals surface area contributed by atoms with E-state index in [0.717, 1.165) is 43.1 Å². The zero-order valence-electron chi connectivity index (χ0n) is 16.2. The van der Waals surface area contributed by atoms with Crippen molar-refractivity contribution >= 4 is 28.6 Å². The van der Waals surface area contributed by atoms with Crippen molar-refractivity contribution in [3.8, 4) is 17.0 Å². The number of rotatable bonds is 7. The Bertz CT molecular complexity index is 940. The molecule has 1 aliphatic rings. The third-order valence-electron chi connectivity index (χ3n) is 4.63. The molecule has 0 unspecified atom stereocenters. The van der Waals surface area contributed by atoms with Gasteiger partial charge in [-0.3, -0.25) is 9.59 Å². The Morgan fingerprint density at radius 1 is 1.28 bits per heavy atom. The van der Waals surface area contributed by atoms with E-state index in [1.807, 2.05) is 31.2 Å². The smallest absolute Gasteiger partial charge is 0.250 e. The highest BCUT2D eigenvalue weighted by molar-refractivity contribution is 6.66. The molecule has 1 saturated heterocycles. The second-order valence-electron chi connectivity index (χ2n) is 6.66. The van der Waals surface area contributed by atoms with Crippen LogP contribution in [0.2, 0.25) is 0 Å². The average Bonchev–Trinajstić information content (AvgIpc) is 2.72. The zero-order valence-corrected chi connectivity index (χ0v) is 16.9. The molecule has 3 N–H and O–H groups in total. The van der Waals surface area contributed by atoms with E-state index in [4.69, 9.17) is 27.1 Å². The SMILES string of the molecule is Cc1ccc(-c2nc(N3CCNCC3)ccc2C(N)=O)cc1OC/C=C/C(=O)Cl. The Hall–Kier alpha value is -2.90. The Kier molecular flexibility index (Phi) is 6.85. The summed E-state index contributed by atoms with van der Waals surface area (Å²) < 4.78 is 5.74. The highest BCUT2D eigenvalue weighted by atomic mass is 35.5. The molecule has 152 valence electrons. The van der Waals surface area contributed by atoms with Crippen LogP contribution < -0.4 is 20.7 Å². The van der Waals surface area contributed by atoms with E-state index in [1.165, 1.54) is 6.08 Å². The van der Waals surface area contributed by atoms with Crippen LogP contribution in [-0.2, 0) is 4.79 Å². The number of allylic oxidation sites excluding steroid dienone is 1. The molecule has 7 nitrogen and oxygen atoms in total. The lowest BCUT2D eigenvalue weighted by Crippen LogP contribution is -2.44. The molecular weight excluding hydrogens is 392 g/mol. The van der Waals surface area contributed by atoms with Gasteiger partial charge in [0.2, 0.25) is 5.24 Å². The molecule has 0 spiro atoms. The number of aromatic nitrogens is 1. The van der Waals surface area contributed by atoms with Crippen LogP contribution in [-0.4, -0.2) is 48.9 Å². The van der Waals surface area contributed by atoms with Crippen molar-refractivity contribution in [1.82, 2.24) is 10.3 Å². The normalized spacial score (nSPS) is 14.2. The van der Waals surface area contributed by atoms with Crippen molar-refractivity contribution < 1.29 is 14.3 Å². The number of amides is 1. The van der Waals surface area contributed by atoms with Crippen LogP contribution in [0.3, 0.4) is 0 Å². The van der Waals surface area contributed by atoms with Crippen molar-refractivity contribution in [3.63, 3.8) is 0 Å². The molecule has 2 aromatic rings. The van der Waals surface area contributed by atoms with Gasteiger partial charge in [0.25, 0.3) is 5.91 Å². The minimum atomic E-state index is -0.556. The van der Waals surface area contributed by atoms with E-state index in [9.17, 15) is 9.59 Å². The number of aryl methyl sites for hydroxylation is 1. The second-order valence-corrected chi connectivity index (χ2v) is 7.04. The highest BCUT2D eigenvalue weighted by Gasteiger charge is 2.18. The first kappa shape index (κ1) is 20.8. The van der Waals surface area contributed by atoms with Gasteiger partial charge in [-0.25, -0.2) is 4.98 Å². The van der Waals surface area contributed by atoms with Crippen LogP contribution in [0.4, 0.5) is 5.82 Å². The average molecular weight is 415 g/mol. The third kappa shape index (κ3) is 5.34. The van der Waals surface area contributed by atoms with Gasteiger partial charge in [-0.15, -0.1) is 0 Å². The van der Waals surface area contributed by atoms with Gasteiger partial charge in [0.15, 0.2) is 0 Å². The molecule has 1 aliphatic heterocycles. The highest BCUT2D eigenvalue weighted by Crippen LogP contribution is 2.30. The lowest BCUT2D eigenvalue weighted by Gasteiger charge is -2.29. The molecule has 29 heavy (non-hydrogen) atoms. The van der Waals surface area contributed by atoms with E-state index in [1.54, 1.807) is 12.1 Å². The number of ether oxygens (including phenoxy) is 1. The summed E-state index contributed by atoms with van der Waals surface area (Å²) in [6, 6.07) is 9.15. The number of hydrogen-bond acceptors (Lipinski definition) is 6. The molecule has 0 aliphatic carbocycles. The predicted molar refractivity (Wildman–Crippen MR) is 114 cm³/mol. The maximum Gasteiger partial charge on any atom is 0.250 e. The van der Waals surface area contributed by atoms with E-state index in [2.05, 4.69) is 10.2 Å². The fourth-order valence-electron chi connectivity index (χ4n) is 3.12. The Balaban J connectivity index is 1.94. The van der Waals surface area contributed by atoms with Crippen LogP contribution >= 0.6 is 11.6 Å². The lowest BCUT2D eigenvalue weighted by molar-refractivity contribution is -0.107. The number of piperazine rings is 1. The molecule has 1 amide bonds. The molecule has 1 aromatic carbocycles. The molecule has 3 rings (SSSR count). The van der Waals surface area contributed by atoms with Crippen molar-refractivity contribution in [3.05, 3.63) is 53.6 Å². The summed E-state index contributed by atoms with van der Waals surface area (Å²) >= 11 is 5.28. The van der Waals surface area contributed by atoms with Gasteiger partial charge in [0.05, 0.1) is 11.3 Å². The molecular formula is C21H23ClN4O3. The number of benzene rings is 1. The van der Waals surface area contributed by atoms with Gasteiger partial charge in [-0.05, 0) is 54.4 Å². The van der Waals surface area contributed by atoms with E-state index in [-0.39, 0.29) is 6.61 Å². The second kappa shape index (κ2) is 9.54. The van der Waals surface area contributed by atoms with Crippen molar-refractivity contribution in [2.24, 2.45) is 5.73 Å². The number of carbonyl (C=O) groups is 2. The zero-order chi connectivity index (χ0) is 20.8. The summed E-state index contributed by atoms with van der Waals surface area (Å²) in [5, 5.41) is 2.75. The van der Waals surface area contributed by atoms with Gasteiger partial charge in [0.1, 0.15) is 18.2 Å². The Morgan fingerprint density at radius 3 is 2.72 bits per heavy atom. The summed E-state index contributed by atoms with van der Waals surface area (Å²) in [4.78, 5) is 29.7. The lowest BCUT2D eigenvalue weighted by atomic mass is 10.0.